The summed E-state index contributed by atoms with van der Waals surface area (Å²) < 4.78 is 5.74. The van der Waals surface area contributed by atoms with E-state index in [1.807, 2.05) is 0 Å². The number of hydrogen-bond donors (Lipinski definition) is 1. The molecule has 1 aromatic heterocycles. The number of nitrogens with one attached hydrogen (secondary N) is 1. The molecule has 0 bridgehead atoms. The molecular formula is C15H13NO. The average molecular weight is 223 g/mol. The van der Waals surface area contributed by atoms with E-state index < -0.39 is 0 Å². The summed E-state index contributed by atoms with van der Waals surface area (Å²) in [5.74, 6) is 1.06. The van der Waals surface area contributed by atoms with Crippen LogP contribution < -0.4 is 4.74 Å². The Morgan fingerprint density at radius 3 is 2.94 bits per heavy atom. The summed E-state index contributed by atoms with van der Waals surface area (Å²) in [6.45, 7) is 0.848. The first kappa shape index (κ1) is 9.11. The molecule has 0 fully saturated rings. The van der Waals surface area contributed by atoms with E-state index in [1.54, 1.807) is 0 Å². The SMILES string of the molecule is c1ccc2c(c1)[nH]c1cc3c(cc12)OCCC3. The minimum absolute atomic E-state index is 0.848. The Morgan fingerprint density at radius 1 is 1.00 bits per heavy atom. The van der Waals surface area contributed by atoms with Gasteiger partial charge in [0.05, 0.1) is 6.61 Å². The van der Waals surface area contributed by atoms with E-state index in [-0.39, 0.29) is 0 Å². The zero-order chi connectivity index (χ0) is 11.2. The molecule has 0 unspecified atom stereocenters. The lowest BCUT2D eigenvalue weighted by molar-refractivity contribution is 0.289. The van der Waals surface area contributed by atoms with Gasteiger partial charge >= 0.3 is 0 Å². The minimum atomic E-state index is 0.848. The monoisotopic (exact) mass is 223 g/mol. The molecule has 0 saturated carbocycles. The van der Waals surface area contributed by atoms with Crippen molar-refractivity contribution in [1.29, 1.82) is 0 Å². The van der Waals surface area contributed by atoms with Crippen LogP contribution in [0.3, 0.4) is 0 Å². The van der Waals surface area contributed by atoms with Crippen LogP contribution >= 0.6 is 0 Å². The van der Waals surface area contributed by atoms with Gasteiger partial charge in [0.1, 0.15) is 5.75 Å². The largest absolute Gasteiger partial charge is 0.493 e. The van der Waals surface area contributed by atoms with Crippen LogP contribution in [0.1, 0.15) is 12.0 Å². The third-order valence-electron chi connectivity index (χ3n) is 3.54. The molecule has 2 nitrogen and oxygen atoms in total. The lowest BCUT2D eigenvalue weighted by Crippen LogP contribution is -2.07. The van der Waals surface area contributed by atoms with Crippen molar-refractivity contribution in [2.75, 3.05) is 6.61 Å². The van der Waals surface area contributed by atoms with Gasteiger partial charge in [-0.15, -0.1) is 0 Å². The second kappa shape index (κ2) is 3.27. The van der Waals surface area contributed by atoms with Crippen LogP contribution in [-0.2, 0) is 6.42 Å². The fraction of sp³-hybridized carbons (Fsp3) is 0.200. The Bertz CT molecular complexity index is 711. The number of hydrogen-bond acceptors (Lipinski definition) is 1. The van der Waals surface area contributed by atoms with Gasteiger partial charge in [-0.1, -0.05) is 18.2 Å². The highest BCUT2D eigenvalue weighted by molar-refractivity contribution is 6.07. The summed E-state index contributed by atoms with van der Waals surface area (Å²) in [5, 5.41) is 2.54. The van der Waals surface area contributed by atoms with Crippen LogP contribution in [-0.4, -0.2) is 11.6 Å². The Hall–Kier alpha value is -1.96. The number of benzene rings is 2. The maximum absolute atomic E-state index is 5.74. The fourth-order valence-corrected chi connectivity index (χ4v) is 2.70. The number of aryl methyl sites for hydroxylation is 1. The molecule has 0 aliphatic carbocycles. The van der Waals surface area contributed by atoms with Crippen molar-refractivity contribution in [3.05, 3.63) is 42.0 Å². The molecule has 0 saturated heterocycles. The number of aromatic amines is 1. The molecule has 0 spiro atoms. The van der Waals surface area contributed by atoms with Crippen LogP contribution in [0.5, 0.6) is 5.75 Å². The minimum Gasteiger partial charge on any atom is -0.493 e. The first-order valence-corrected chi connectivity index (χ1v) is 6.08. The van der Waals surface area contributed by atoms with E-state index in [4.69, 9.17) is 4.74 Å². The molecule has 0 atom stereocenters. The van der Waals surface area contributed by atoms with Gasteiger partial charge in [-0.2, -0.15) is 0 Å². The van der Waals surface area contributed by atoms with Crippen LogP contribution in [0.15, 0.2) is 36.4 Å². The van der Waals surface area contributed by atoms with Crippen molar-refractivity contribution in [3.63, 3.8) is 0 Å². The molecule has 84 valence electrons. The van der Waals surface area contributed by atoms with E-state index in [0.29, 0.717) is 0 Å². The molecule has 3 aromatic rings. The van der Waals surface area contributed by atoms with Gasteiger partial charge in [-0.05, 0) is 36.6 Å². The Balaban J connectivity index is 2.12. The molecule has 17 heavy (non-hydrogen) atoms. The van der Waals surface area contributed by atoms with Crippen molar-refractivity contribution in [3.8, 4) is 5.75 Å². The number of para-hydroxylation sites is 1. The van der Waals surface area contributed by atoms with Gasteiger partial charge < -0.3 is 9.72 Å². The number of ether oxygens (including phenoxy) is 1. The highest BCUT2D eigenvalue weighted by Crippen LogP contribution is 2.33. The van der Waals surface area contributed by atoms with E-state index in [1.165, 1.54) is 27.4 Å². The van der Waals surface area contributed by atoms with Crippen molar-refractivity contribution in [2.45, 2.75) is 12.8 Å². The molecular weight excluding hydrogens is 210 g/mol. The molecule has 2 heterocycles. The number of aromatic nitrogens is 1. The molecule has 2 heteroatoms. The Kier molecular flexibility index (Phi) is 1.75. The Labute approximate surface area is 99.2 Å². The van der Waals surface area contributed by atoms with Gasteiger partial charge in [-0.3, -0.25) is 0 Å². The van der Waals surface area contributed by atoms with Crippen molar-refractivity contribution < 1.29 is 4.74 Å². The van der Waals surface area contributed by atoms with Gasteiger partial charge in [-0.25, -0.2) is 0 Å². The van der Waals surface area contributed by atoms with Gasteiger partial charge in [0.25, 0.3) is 0 Å². The predicted octanol–water partition coefficient (Wildman–Crippen LogP) is 3.65. The number of rotatable bonds is 0. The fourth-order valence-electron chi connectivity index (χ4n) is 2.70. The topological polar surface area (TPSA) is 25.0 Å². The summed E-state index contributed by atoms with van der Waals surface area (Å²) in [5.41, 5.74) is 3.75. The molecule has 1 aliphatic heterocycles. The van der Waals surface area contributed by atoms with Gasteiger partial charge in [0.2, 0.25) is 0 Å². The van der Waals surface area contributed by atoms with Gasteiger partial charge in [0.15, 0.2) is 0 Å². The lowest BCUT2D eigenvalue weighted by atomic mass is 10.0. The third kappa shape index (κ3) is 1.27. The van der Waals surface area contributed by atoms with Crippen LogP contribution in [0.25, 0.3) is 21.8 Å². The van der Waals surface area contributed by atoms with E-state index in [0.717, 1.165) is 25.2 Å². The standard InChI is InChI=1S/C15H13NO/c1-2-6-13-11(5-1)12-9-15-10(4-3-7-17-15)8-14(12)16-13/h1-2,5-6,8-9,16H,3-4,7H2. The summed E-state index contributed by atoms with van der Waals surface area (Å²) in [6, 6.07) is 12.8. The molecule has 1 aliphatic rings. The van der Waals surface area contributed by atoms with E-state index in [9.17, 15) is 0 Å². The molecule has 0 amide bonds. The summed E-state index contributed by atoms with van der Waals surface area (Å²) in [4.78, 5) is 3.47. The first-order valence-electron chi connectivity index (χ1n) is 6.08. The number of fused-ring (bicyclic) bond motifs is 4. The maximum atomic E-state index is 5.74. The summed E-state index contributed by atoms with van der Waals surface area (Å²) in [7, 11) is 0. The second-order valence-corrected chi connectivity index (χ2v) is 4.63. The smallest absolute Gasteiger partial charge is 0.123 e. The lowest BCUT2D eigenvalue weighted by Gasteiger charge is -2.16. The van der Waals surface area contributed by atoms with Gasteiger partial charge in [0, 0.05) is 21.8 Å². The second-order valence-electron chi connectivity index (χ2n) is 4.63. The maximum Gasteiger partial charge on any atom is 0.123 e. The number of H-pyrrole nitrogens is 1. The highest BCUT2D eigenvalue weighted by atomic mass is 16.5. The van der Waals surface area contributed by atoms with Crippen molar-refractivity contribution in [1.82, 2.24) is 4.98 Å². The first-order chi connectivity index (χ1) is 8.42. The zero-order valence-electron chi connectivity index (χ0n) is 9.49. The van der Waals surface area contributed by atoms with Crippen LogP contribution in [0, 0.1) is 0 Å². The summed E-state index contributed by atoms with van der Waals surface area (Å²) in [6.07, 6.45) is 2.25. The normalized spacial score (nSPS) is 14.8. The molecule has 4 rings (SSSR count). The summed E-state index contributed by atoms with van der Waals surface area (Å²) >= 11 is 0. The van der Waals surface area contributed by atoms with Crippen LogP contribution in [0.4, 0.5) is 0 Å². The van der Waals surface area contributed by atoms with E-state index >= 15 is 0 Å². The van der Waals surface area contributed by atoms with Crippen molar-refractivity contribution >= 4 is 21.8 Å². The quantitative estimate of drug-likeness (QED) is 0.618. The van der Waals surface area contributed by atoms with E-state index in [2.05, 4.69) is 41.4 Å². The third-order valence-corrected chi connectivity index (χ3v) is 3.54. The molecule has 2 aromatic carbocycles. The average Bonchev–Trinajstić information content (AvgIpc) is 2.73. The molecule has 1 N–H and O–H groups in total. The van der Waals surface area contributed by atoms with Crippen molar-refractivity contribution in [2.24, 2.45) is 0 Å². The van der Waals surface area contributed by atoms with Crippen LogP contribution in [0.2, 0.25) is 0 Å². The highest BCUT2D eigenvalue weighted by Gasteiger charge is 2.13. The predicted molar refractivity (Wildman–Crippen MR) is 69.6 cm³/mol. The molecule has 0 radical (unpaired) electrons. The zero-order valence-corrected chi connectivity index (χ0v) is 9.49. The Morgan fingerprint density at radius 2 is 1.94 bits per heavy atom.